The molecule has 3 aliphatic rings. The van der Waals surface area contributed by atoms with Gasteiger partial charge in [-0.3, -0.25) is 0 Å². The van der Waals surface area contributed by atoms with Crippen LogP contribution in [0, 0.1) is 0 Å². The first-order chi connectivity index (χ1) is 21.5. The molecule has 4 aromatic carbocycles. The lowest BCUT2D eigenvalue weighted by atomic mass is 9.69. The first-order valence-corrected chi connectivity index (χ1v) is 18.5. The van der Waals surface area contributed by atoms with Crippen LogP contribution in [-0.4, -0.2) is 4.75 Å². The van der Waals surface area contributed by atoms with Crippen molar-refractivity contribution in [3.63, 3.8) is 0 Å². The van der Waals surface area contributed by atoms with Gasteiger partial charge in [-0.2, -0.15) is 0 Å². The molecule has 9 rings (SSSR count). The molecule has 0 saturated carbocycles. The van der Waals surface area contributed by atoms with Crippen molar-refractivity contribution in [2.45, 2.75) is 46.0 Å². The van der Waals surface area contributed by atoms with Gasteiger partial charge in [-0.15, -0.1) is 46.2 Å². The zero-order valence-electron chi connectivity index (χ0n) is 24.8. The third-order valence-corrected chi connectivity index (χ3v) is 15.4. The fourth-order valence-electron chi connectivity index (χ4n) is 7.52. The van der Waals surface area contributed by atoms with Crippen LogP contribution in [0.3, 0.4) is 0 Å². The summed E-state index contributed by atoms with van der Waals surface area (Å²) in [5.41, 5.74) is 9.90. The molecule has 0 spiro atoms. The predicted molar refractivity (Wildman–Crippen MR) is 193 cm³/mol. The molecule has 0 radical (unpaired) electrons. The van der Waals surface area contributed by atoms with Gasteiger partial charge >= 0.3 is 0 Å². The van der Waals surface area contributed by atoms with E-state index in [4.69, 9.17) is 0 Å². The number of fused-ring (bicyclic) bond motifs is 8. The SMILES string of the molecule is CC(C)c1sc(-c2ccccc2)cc1C12Sc3ccccc3C1=c1cc(-c3ccccc3)sc1=C1c3ccccc3SC12C. The summed E-state index contributed by atoms with van der Waals surface area (Å²) in [7, 11) is 0. The molecule has 2 aliphatic heterocycles. The third-order valence-electron chi connectivity index (χ3n) is 9.40. The summed E-state index contributed by atoms with van der Waals surface area (Å²) in [6, 6.07) is 45.4. The van der Waals surface area contributed by atoms with Crippen LogP contribution in [0.15, 0.2) is 131 Å². The van der Waals surface area contributed by atoms with Gasteiger partial charge in [0.2, 0.25) is 0 Å². The molecule has 0 bridgehead atoms. The molecule has 4 heteroatoms. The first kappa shape index (κ1) is 27.1. The topological polar surface area (TPSA) is 0 Å². The van der Waals surface area contributed by atoms with Crippen LogP contribution in [-0.2, 0) is 4.75 Å². The maximum atomic E-state index is 2.57. The standard InChI is InChI=1S/C40H30S4/c1-24(2)37-30(23-34(41-37)26-16-8-5-9-17-26)40-35(27-18-10-13-21-32(27)44-40)29-22-33(25-14-6-4-7-15-25)42-38(29)36-28-19-11-12-20-31(28)43-39(36,40)3/h4-24H,1-3H3. The van der Waals surface area contributed by atoms with Crippen molar-refractivity contribution >= 4 is 57.3 Å². The molecule has 0 saturated heterocycles. The number of thioether (sulfide) groups is 2. The Kier molecular flexibility index (Phi) is 6.06. The molecule has 0 nitrogen and oxygen atoms in total. The van der Waals surface area contributed by atoms with Gasteiger partial charge in [-0.25, -0.2) is 0 Å². The van der Waals surface area contributed by atoms with Crippen LogP contribution in [0.5, 0.6) is 0 Å². The van der Waals surface area contributed by atoms with Crippen molar-refractivity contribution < 1.29 is 0 Å². The molecule has 4 heterocycles. The smallest absolute Gasteiger partial charge is 0.0916 e. The average Bonchev–Trinajstić information content (AvgIpc) is 3.82. The summed E-state index contributed by atoms with van der Waals surface area (Å²) in [6.45, 7) is 7.31. The van der Waals surface area contributed by atoms with E-state index in [0.29, 0.717) is 5.92 Å². The molecule has 0 fully saturated rings. The highest BCUT2D eigenvalue weighted by Crippen LogP contribution is 2.73. The fourth-order valence-corrected chi connectivity index (χ4v) is 13.7. The van der Waals surface area contributed by atoms with Gasteiger partial charge in [0.25, 0.3) is 0 Å². The van der Waals surface area contributed by atoms with Crippen molar-refractivity contribution in [3.05, 3.63) is 153 Å². The molecule has 6 aromatic rings. The summed E-state index contributed by atoms with van der Waals surface area (Å²) >= 11 is 8.17. The fraction of sp³-hybridized carbons (Fsp3) is 0.150. The molecule has 214 valence electrons. The van der Waals surface area contributed by atoms with Crippen LogP contribution < -0.4 is 9.75 Å². The van der Waals surface area contributed by atoms with E-state index >= 15 is 0 Å². The quantitative estimate of drug-likeness (QED) is 0.188. The normalized spacial score (nSPS) is 21.2. The van der Waals surface area contributed by atoms with Gasteiger partial charge in [0.05, 0.1) is 9.49 Å². The van der Waals surface area contributed by atoms with Crippen LogP contribution in [0.4, 0.5) is 0 Å². The third kappa shape index (κ3) is 3.60. The predicted octanol–water partition coefficient (Wildman–Crippen LogP) is 10.5. The van der Waals surface area contributed by atoms with Crippen molar-refractivity contribution in [2.24, 2.45) is 0 Å². The Hall–Kier alpha value is -3.28. The first-order valence-electron chi connectivity index (χ1n) is 15.2. The summed E-state index contributed by atoms with van der Waals surface area (Å²) in [5.74, 6) is 0.414. The van der Waals surface area contributed by atoms with Gasteiger partial charge in [0.15, 0.2) is 0 Å². The van der Waals surface area contributed by atoms with E-state index in [0.717, 1.165) is 0 Å². The Balaban J connectivity index is 1.47. The Morgan fingerprint density at radius 2 is 1.11 bits per heavy atom. The zero-order chi connectivity index (χ0) is 29.6. The number of hydrogen-bond acceptors (Lipinski definition) is 4. The maximum absolute atomic E-state index is 2.57. The number of benzene rings is 4. The van der Waals surface area contributed by atoms with E-state index in [1.165, 1.54) is 73.1 Å². The van der Waals surface area contributed by atoms with E-state index < -0.39 is 0 Å². The van der Waals surface area contributed by atoms with Crippen molar-refractivity contribution in [1.82, 2.24) is 0 Å². The van der Waals surface area contributed by atoms with Crippen molar-refractivity contribution in [1.29, 1.82) is 0 Å². The molecule has 0 N–H and O–H groups in total. The van der Waals surface area contributed by atoms with Gasteiger partial charge in [0.1, 0.15) is 0 Å². The highest BCUT2D eigenvalue weighted by atomic mass is 32.2. The van der Waals surface area contributed by atoms with Gasteiger partial charge in [-0.05, 0) is 81.3 Å². The highest BCUT2D eigenvalue weighted by molar-refractivity contribution is 8.05. The molecular weight excluding hydrogens is 609 g/mol. The Morgan fingerprint density at radius 3 is 1.75 bits per heavy atom. The van der Waals surface area contributed by atoms with E-state index in [-0.39, 0.29) is 9.49 Å². The molecule has 2 unspecified atom stereocenters. The summed E-state index contributed by atoms with van der Waals surface area (Å²) in [5, 5.41) is 1.42. The minimum Gasteiger partial charge on any atom is -0.140 e. The van der Waals surface area contributed by atoms with E-state index in [1.807, 2.05) is 22.7 Å². The highest BCUT2D eigenvalue weighted by Gasteiger charge is 2.64. The second-order valence-corrected chi connectivity index (χ2v) is 17.1. The second-order valence-electron chi connectivity index (χ2n) is 12.3. The monoisotopic (exact) mass is 638 g/mol. The van der Waals surface area contributed by atoms with E-state index in [2.05, 4.69) is 166 Å². The minimum absolute atomic E-state index is 0.208. The molecule has 2 aromatic heterocycles. The number of thiophene rings is 2. The Labute approximate surface area is 275 Å². The number of rotatable bonds is 4. The second kappa shape index (κ2) is 9.86. The Bertz CT molecular complexity index is 2220. The zero-order valence-corrected chi connectivity index (χ0v) is 28.0. The van der Waals surface area contributed by atoms with Crippen LogP contribution in [0.2, 0.25) is 0 Å². The summed E-state index contributed by atoms with van der Waals surface area (Å²) < 4.78 is 0.942. The molecular formula is C40H30S4. The largest absolute Gasteiger partial charge is 0.140 e. The summed E-state index contributed by atoms with van der Waals surface area (Å²) in [4.78, 5) is 6.99. The van der Waals surface area contributed by atoms with E-state index in [1.54, 1.807) is 0 Å². The number of hydrogen-bond donors (Lipinski definition) is 0. The van der Waals surface area contributed by atoms with E-state index in [9.17, 15) is 0 Å². The lowest BCUT2D eigenvalue weighted by molar-refractivity contribution is 0.662. The maximum Gasteiger partial charge on any atom is 0.0916 e. The van der Waals surface area contributed by atoms with Crippen LogP contribution in [0.25, 0.3) is 32.0 Å². The lowest BCUT2D eigenvalue weighted by Gasteiger charge is -2.47. The Morgan fingerprint density at radius 1 is 0.568 bits per heavy atom. The van der Waals surface area contributed by atoms with Crippen LogP contribution >= 0.6 is 46.2 Å². The van der Waals surface area contributed by atoms with Gasteiger partial charge < -0.3 is 0 Å². The van der Waals surface area contributed by atoms with Crippen molar-refractivity contribution in [3.8, 4) is 20.9 Å². The van der Waals surface area contributed by atoms with Crippen LogP contribution in [0.1, 0.15) is 48.3 Å². The molecule has 2 atom stereocenters. The van der Waals surface area contributed by atoms with Gasteiger partial charge in [0, 0.05) is 29.0 Å². The molecule has 0 amide bonds. The van der Waals surface area contributed by atoms with Gasteiger partial charge in [-0.1, -0.05) is 111 Å². The average molecular weight is 639 g/mol. The molecule has 44 heavy (non-hydrogen) atoms. The summed E-state index contributed by atoms with van der Waals surface area (Å²) in [6.07, 6.45) is 0. The van der Waals surface area contributed by atoms with Crippen molar-refractivity contribution in [2.75, 3.05) is 0 Å². The minimum atomic E-state index is -0.291. The lowest BCUT2D eigenvalue weighted by Crippen LogP contribution is -2.52. The molecule has 1 aliphatic carbocycles.